The number of primary amides is 1. The molecule has 2 saturated heterocycles. The van der Waals surface area contributed by atoms with Gasteiger partial charge in [-0.05, 0) is 31.0 Å². The van der Waals surface area contributed by atoms with Crippen molar-refractivity contribution in [2.75, 3.05) is 6.54 Å². The number of carbonyl (C=O) groups is 2. The molecule has 7 heteroatoms. The van der Waals surface area contributed by atoms with Crippen LogP contribution in [0.3, 0.4) is 0 Å². The van der Waals surface area contributed by atoms with Crippen LogP contribution in [0.1, 0.15) is 33.6 Å². The van der Waals surface area contributed by atoms with E-state index in [9.17, 15) is 9.59 Å². The van der Waals surface area contributed by atoms with Crippen LogP contribution in [0.2, 0.25) is 18.1 Å². The highest BCUT2D eigenvalue weighted by molar-refractivity contribution is 6.74. The number of hydroxylamine groups is 2. The molecule has 0 aromatic rings. The van der Waals surface area contributed by atoms with Crippen LogP contribution in [0, 0.1) is 0 Å². The third-order valence-electron chi connectivity index (χ3n) is 4.78. The van der Waals surface area contributed by atoms with Crippen LogP contribution < -0.4 is 5.73 Å². The molecule has 0 radical (unpaired) electrons. The lowest BCUT2D eigenvalue weighted by Crippen LogP contribution is -2.49. The normalized spacial score (nSPS) is 27.1. The Kier molecular flexibility index (Phi) is 3.62. The van der Waals surface area contributed by atoms with Crippen molar-refractivity contribution in [1.82, 2.24) is 9.96 Å². The van der Waals surface area contributed by atoms with Gasteiger partial charge in [0.1, 0.15) is 6.04 Å². The first-order chi connectivity index (χ1) is 9.04. The third kappa shape index (κ3) is 2.44. The Morgan fingerprint density at radius 3 is 2.45 bits per heavy atom. The Morgan fingerprint density at radius 1 is 1.35 bits per heavy atom. The number of carbonyl (C=O) groups excluding carboxylic acids is 2. The van der Waals surface area contributed by atoms with E-state index in [0.717, 1.165) is 6.42 Å². The zero-order valence-corrected chi connectivity index (χ0v) is 14.0. The average Bonchev–Trinajstić information content (AvgIpc) is 2.52. The second-order valence-electron chi connectivity index (χ2n) is 7.26. The molecule has 3 amide bonds. The Morgan fingerprint density at radius 2 is 1.95 bits per heavy atom. The van der Waals surface area contributed by atoms with E-state index in [4.69, 9.17) is 10.3 Å². The summed E-state index contributed by atoms with van der Waals surface area (Å²) in [6.45, 7) is 11.2. The lowest BCUT2D eigenvalue weighted by molar-refractivity contribution is -0.122. The van der Waals surface area contributed by atoms with Crippen LogP contribution in [0.5, 0.6) is 0 Å². The molecule has 2 atom stereocenters. The largest absolute Gasteiger partial charge is 0.368 e. The molecule has 2 heterocycles. The van der Waals surface area contributed by atoms with Gasteiger partial charge in [-0.2, -0.15) is 0 Å². The molecule has 6 nitrogen and oxygen atoms in total. The van der Waals surface area contributed by atoms with Gasteiger partial charge in [0.15, 0.2) is 0 Å². The molecule has 0 spiro atoms. The first-order valence-corrected chi connectivity index (χ1v) is 10.0. The number of rotatable bonds is 3. The summed E-state index contributed by atoms with van der Waals surface area (Å²) in [6, 6.07) is -0.639. The van der Waals surface area contributed by atoms with E-state index in [1.165, 1.54) is 5.06 Å². The van der Waals surface area contributed by atoms with Crippen molar-refractivity contribution in [3.8, 4) is 0 Å². The lowest BCUT2D eigenvalue weighted by Gasteiger charge is -2.39. The van der Waals surface area contributed by atoms with Crippen molar-refractivity contribution in [2.24, 2.45) is 5.73 Å². The van der Waals surface area contributed by atoms with Gasteiger partial charge in [0, 0.05) is 6.54 Å². The van der Waals surface area contributed by atoms with E-state index in [1.54, 1.807) is 4.90 Å². The standard InChI is InChI=1S/C13H25N3O3Si/c1-13(2,3)20(4,5)19-16-9-6-7-10(11(14)17)15(8-9)12(16)18/h9-10H,6-8H2,1-5H3,(H2,14,17)/t9-,10-/m0/s1. The lowest BCUT2D eigenvalue weighted by atomic mass is 10.0. The van der Waals surface area contributed by atoms with Gasteiger partial charge >= 0.3 is 6.03 Å². The maximum Gasteiger partial charge on any atom is 0.344 e. The molecule has 0 saturated carbocycles. The maximum atomic E-state index is 12.4. The van der Waals surface area contributed by atoms with Gasteiger partial charge in [0.25, 0.3) is 0 Å². The van der Waals surface area contributed by atoms with Crippen molar-refractivity contribution >= 4 is 20.3 Å². The molecule has 2 fully saturated rings. The van der Waals surface area contributed by atoms with E-state index >= 15 is 0 Å². The Labute approximate surface area is 121 Å². The van der Waals surface area contributed by atoms with Crippen LogP contribution >= 0.6 is 0 Å². The number of hydrogen-bond acceptors (Lipinski definition) is 3. The number of fused-ring (bicyclic) bond motifs is 2. The SMILES string of the molecule is CC(C)(C)[Si](C)(C)ON1C(=O)N2C[C@@H]1CC[C@H]2C(N)=O. The van der Waals surface area contributed by atoms with E-state index in [-0.39, 0.29) is 17.1 Å². The quantitative estimate of drug-likeness (QED) is 0.806. The Balaban J connectivity index is 2.16. The van der Waals surface area contributed by atoms with Gasteiger partial charge in [-0.25, -0.2) is 9.86 Å². The number of nitrogens with zero attached hydrogens (tertiary/aromatic N) is 2. The molecule has 0 aliphatic carbocycles. The van der Waals surface area contributed by atoms with Crippen molar-refractivity contribution in [1.29, 1.82) is 0 Å². The molecule has 2 bridgehead atoms. The van der Waals surface area contributed by atoms with Crippen LogP contribution in [-0.4, -0.2) is 48.8 Å². The summed E-state index contributed by atoms with van der Waals surface area (Å²) < 4.78 is 6.15. The van der Waals surface area contributed by atoms with Crippen molar-refractivity contribution in [3.63, 3.8) is 0 Å². The predicted molar refractivity (Wildman–Crippen MR) is 78.2 cm³/mol. The highest BCUT2D eigenvalue weighted by Crippen LogP contribution is 2.40. The van der Waals surface area contributed by atoms with Crippen molar-refractivity contribution in [3.05, 3.63) is 0 Å². The summed E-state index contributed by atoms with van der Waals surface area (Å²) in [6.07, 6.45) is 1.40. The molecule has 2 N–H and O–H groups in total. The average molecular weight is 299 g/mol. The minimum absolute atomic E-state index is 0.0302. The highest BCUT2D eigenvalue weighted by atomic mass is 28.4. The fraction of sp³-hybridized carbons (Fsp3) is 0.846. The van der Waals surface area contributed by atoms with Crippen LogP contribution in [0.25, 0.3) is 0 Å². The molecule has 2 rings (SSSR count). The number of nitrogens with two attached hydrogens (primary N) is 1. The molecule has 2 aliphatic rings. The summed E-state index contributed by atoms with van der Waals surface area (Å²) in [5, 5.41) is 1.54. The van der Waals surface area contributed by atoms with Crippen LogP contribution in [0.15, 0.2) is 0 Å². The zero-order chi connectivity index (χ0) is 15.3. The first kappa shape index (κ1) is 15.3. The van der Waals surface area contributed by atoms with E-state index in [2.05, 4.69) is 33.9 Å². The third-order valence-corrected chi connectivity index (χ3v) is 9.05. The molecule has 0 aromatic carbocycles. The van der Waals surface area contributed by atoms with Gasteiger partial charge in [0.05, 0.1) is 6.04 Å². The van der Waals surface area contributed by atoms with E-state index in [1.807, 2.05) is 0 Å². The highest BCUT2D eigenvalue weighted by Gasteiger charge is 2.50. The Bertz CT molecular complexity index is 433. The fourth-order valence-electron chi connectivity index (χ4n) is 2.43. The fourth-order valence-corrected chi connectivity index (χ4v) is 3.42. The number of urea groups is 1. The first-order valence-electron chi connectivity index (χ1n) is 7.13. The van der Waals surface area contributed by atoms with E-state index < -0.39 is 20.3 Å². The minimum atomic E-state index is -2.06. The topological polar surface area (TPSA) is 75.9 Å². The Hall–Kier alpha value is -1.08. The summed E-state index contributed by atoms with van der Waals surface area (Å²) in [4.78, 5) is 25.4. The van der Waals surface area contributed by atoms with E-state index in [0.29, 0.717) is 13.0 Å². The van der Waals surface area contributed by atoms with Gasteiger partial charge < -0.3 is 15.2 Å². The molecule has 2 aliphatic heterocycles. The number of amides is 3. The molecule has 0 aromatic heterocycles. The van der Waals surface area contributed by atoms with Crippen molar-refractivity contribution in [2.45, 2.75) is 63.8 Å². The summed E-state index contributed by atoms with van der Waals surface area (Å²) in [5.74, 6) is -0.425. The molecular weight excluding hydrogens is 274 g/mol. The van der Waals surface area contributed by atoms with Crippen LogP contribution in [0.4, 0.5) is 4.79 Å². The molecule has 20 heavy (non-hydrogen) atoms. The minimum Gasteiger partial charge on any atom is -0.368 e. The molecule has 114 valence electrons. The predicted octanol–water partition coefficient (Wildman–Crippen LogP) is 1.68. The van der Waals surface area contributed by atoms with Gasteiger partial charge in [-0.3, -0.25) is 4.79 Å². The number of hydrogen-bond donors (Lipinski definition) is 1. The maximum absolute atomic E-state index is 12.4. The van der Waals surface area contributed by atoms with Gasteiger partial charge in [0.2, 0.25) is 14.2 Å². The van der Waals surface area contributed by atoms with Crippen LogP contribution in [-0.2, 0) is 9.32 Å². The summed E-state index contributed by atoms with van der Waals surface area (Å²) >= 11 is 0. The van der Waals surface area contributed by atoms with Crippen molar-refractivity contribution < 1.29 is 14.1 Å². The number of piperidine rings is 1. The second-order valence-corrected chi connectivity index (χ2v) is 12.0. The molecule has 0 unspecified atom stereocenters. The van der Waals surface area contributed by atoms with Gasteiger partial charge in [-0.15, -0.1) is 0 Å². The zero-order valence-electron chi connectivity index (χ0n) is 13.0. The van der Waals surface area contributed by atoms with Gasteiger partial charge in [-0.1, -0.05) is 20.8 Å². The monoisotopic (exact) mass is 299 g/mol. The summed E-state index contributed by atoms with van der Waals surface area (Å²) in [7, 11) is -2.06. The summed E-state index contributed by atoms with van der Waals surface area (Å²) in [5.41, 5.74) is 5.37. The second kappa shape index (κ2) is 4.73. The molecular formula is C13H25N3O3Si. The smallest absolute Gasteiger partial charge is 0.344 e.